The van der Waals surface area contributed by atoms with E-state index in [0.29, 0.717) is 13.1 Å². The van der Waals surface area contributed by atoms with Crippen LogP contribution in [0, 0.1) is 0 Å². The largest absolute Gasteiger partial charge is 0.464 e. The summed E-state index contributed by atoms with van der Waals surface area (Å²) in [5, 5.41) is 0. The fraction of sp³-hybridized carbons (Fsp3) is 0.100. The normalized spacial score (nSPS) is 10.2. The summed E-state index contributed by atoms with van der Waals surface area (Å²) in [6.45, 7) is 0.723. The van der Waals surface area contributed by atoms with Crippen molar-refractivity contribution in [3.05, 3.63) is 35.9 Å². The molecule has 13 heavy (non-hydrogen) atoms. The first-order chi connectivity index (χ1) is 6.33. The third-order valence-electron chi connectivity index (χ3n) is 1.51. The topological polar surface area (TPSA) is 52.3 Å². The minimum Gasteiger partial charge on any atom is -0.464 e. The van der Waals surface area contributed by atoms with Gasteiger partial charge in [-0.1, -0.05) is 18.2 Å². The predicted octanol–water partition coefficient (Wildman–Crippen LogP) is 1.46. The molecule has 0 amide bonds. The molecule has 0 saturated carbocycles. The summed E-state index contributed by atoms with van der Waals surface area (Å²) in [6.07, 6.45) is 3.63. The summed E-state index contributed by atoms with van der Waals surface area (Å²) in [6, 6.07) is 7.43. The van der Waals surface area contributed by atoms with Gasteiger partial charge >= 0.3 is 0 Å². The van der Waals surface area contributed by atoms with Gasteiger partial charge in [0.05, 0.1) is 0 Å². The van der Waals surface area contributed by atoms with Gasteiger partial charge in [-0.05, 0) is 23.8 Å². The van der Waals surface area contributed by atoms with Crippen molar-refractivity contribution in [1.82, 2.24) is 0 Å². The van der Waals surface area contributed by atoms with Gasteiger partial charge in [0.1, 0.15) is 6.61 Å². The number of benzene rings is 1. The van der Waals surface area contributed by atoms with Crippen molar-refractivity contribution in [3.8, 4) is 0 Å². The first-order valence-electron chi connectivity index (χ1n) is 3.90. The van der Waals surface area contributed by atoms with Gasteiger partial charge in [-0.15, -0.1) is 0 Å². The van der Waals surface area contributed by atoms with Crippen molar-refractivity contribution < 1.29 is 9.53 Å². The molecule has 0 radical (unpaired) electrons. The highest BCUT2D eigenvalue weighted by molar-refractivity contribution is 5.53. The van der Waals surface area contributed by atoms with Gasteiger partial charge in [0, 0.05) is 5.69 Å². The van der Waals surface area contributed by atoms with Crippen LogP contribution in [0.15, 0.2) is 30.3 Å². The molecule has 0 unspecified atom stereocenters. The average Bonchev–Trinajstić information content (AvgIpc) is 2.15. The Balaban J connectivity index is 2.49. The van der Waals surface area contributed by atoms with Gasteiger partial charge in [-0.2, -0.15) is 0 Å². The van der Waals surface area contributed by atoms with Gasteiger partial charge in [-0.25, -0.2) is 0 Å². The van der Waals surface area contributed by atoms with Crippen LogP contribution < -0.4 is 5.73 Å². The smallest absolute Gasteiger partial charge is 0.293 e. The SMILES string of the molecule is Nc1ccc(C=CCOC=O)cc1. The summed E-state index contributed by atoms with van der Waals surface area (Å²) in [4.78, 5) is 9.79. The molecule has 0 aromatic heterocycles. The lowest BCUT2D eigenvalue weighted by Gasteiger charge is -1.94. The molecule has 0 aliphatic heterocycles. The maximum Gasteiger partial charge on any atom is 0.293 e. The van der Waals surface area contributed by atoms with E-state index in [9.17, 15) is 4.79 Å². The Bertz CT molecular complexity index is 290. The fourth-order valence-corrected chi connectivity index (χ4v) is 0.886. The minimum atomic E-state index is 0.299. The van der Waals surface area contributed by atoms with E-state index in [4.69, 9.17) is 5.73 Å². The summed E-state index contributed by atoms with van der Waals surface area (Å²) >= 11 is 0. The zero-order valence-corrected chi connectivity index (χ0v) is 7.14. The molecule has 0 atom stereocenters. The lowest BCUT2D eigenvalue weighted by molar-refractivity contribution is -0.127. The molecule has 0 aliphatic carbocycles. The number of hydrogen-bond donors (Lipinski definition) is 1. The van der Waals surface area contributed by atoms with Crippen LogP contribution in [-0.4, -0.2) is 13.1 Å². The molecular formula is C10H11NO2. The molecule has 0 aliphatic rings. The van der Waals surface area contributed by atoms with Crippen LogP contribution in [0.1, 0.15) is 5.56 Å². The highest BCUT2D eigenvalue weighted by Crippen LogP contribution is 2.06. The summed E-state index contributed by atoms with van der Waals surface area (Å²) in [5.41, 5.74) is 7.28. The molecule has 0 bridgehead atoms. The number of carbonyl (C=O) groups excluding carboxylic acids is 1. The predicted molar refractivity (Wildman–Crippen MR) is 51.9 cm³/mol. The third-order valence-corrected chi connectivity index (χ3v) is 1.51. The van der Waals surface area contributed by atoms with Gasteiger partial charge in [0.2, 0.25) is 0 Å². The van der Waals surface area contributed by atoms with Gasteiger partial charge in [-0.3, -0.25) is 4.79 Å². The van der Waals surface area contributed by atoms with Crippen LogP contribution in [0.25, 0.3) is 6.08 Å². The summed E-state index contributed by atoms with van der Waals surface area (Å²) in [7, 11) is 0. The highest BCUT2D eigenvalue weighted by Gasteiger charge is 1.85. The molecule has 2 N–H and O–H groups in total. The number of ether oxygens (including phenoxy) is 1. The third kappa shape index (κ3) is 3.42. The monoisotopic (exact) mass is 177 g/mol. The molecule has 0 saturated heterocycles. The molecule has 1 aromatic rings. The van der Waals surface area contributed by atoms with E-state index in [-0.39, 0.29) is 0 Å². The first kappa shape index (κ1) is 9.32. The molecule has 0 heterocycles. The Labute approximate surface area is 76.8 Å². The van der Waals surface area contributed by atoms with E-state index in [1.165, 1.54) is 0 Å². The number of nitrogens with two attached hydrogens (primary N) is 1. The molecule has 1 aromatic carbocycles. The Kier molecular flexibility index (Phi) is 3.57. The van der Waals surface area contributed by atoms with Crippen LogP contribution >= 0.6 is 0 Å². The Morgan fingerprint density at radius 2 is 2.00 bits per heavy atom. The molecule has 0 fully saturated rings. The number of hydrogen-bond acceptors (Lipinski definition) is 3. The van der Waals surface area contributed by atoms with E-state index < -0.39 is 0 Å². The standard InChI is InChI=1S/C10H11NO2/c11-10-5-3-9(4-6-10)2-1-7-13-8-12/h1-6,8H,7,11H2. The molecule has 3 nitrogen and oxygen atoms in total. The van der Waals surface area contributed by atoms with Gasteiger partial charge in [0.15, 0.2) is 0 Å². The quantitative estimate of drug-likeness (QED) is 0.430. The Morgan fingerprint density at radius 3 is 2.62 bits per heavy atom. The van der Waals surface area contributed by atoms with E-state index in [0.717, 1.165) is 11.3 Å². The van der Waals surface area contributed by atoms with Crippen LogP contribution in [0.3, 0.4) is 0 Å². The number of rotatable bonds is 4. The first-order valence-corrected chi connectivity index (χ1v) is 3.90. The van der Waals surface area contributed by atoms with Gasteiger partial charge < -0.3 is 10.5 Å². The lowest BCUT2D eigenvalue weighted by Crippen LogP contribution is -1.86. The average molecular weight is 177 g/mol. The number of nitrogen functional groups attached to an aromatic ring is 1. The van der Waals surface area contributed by atoms with Crippen LogP contribution in [0.5, 0.6) is 0 Å². The molecule has 3 heteroatoms. The van der Waals surface area contributed by atoms with E-state index in [1.807, 2.05) is 30.3 Å². The zero-order chi connectivity index (χ0) is 9.52. The van der Waals surface area contributed by atoms with Crippen molar-refractivity contribution >= 4 is 18.2 Å². The van der Waals surface area contributed by atoms with Crippen LogP contribution in [0.2, 0.25) is 0 Å². The Morgan fingerprint density at radius 1 is 1.31 bits per heavy atom. The fourth-order valence-electron chi connectivity index (χ4n) is 0.886. The van der Waals surface area contributed by atoms with E-state index >= 15 is 0 Å². The molecular weight excluding hydrogens is 166 g/mol. The van der Waals surface area contributed by atoms with Crippen molar-refractivity contribution in [3.63, 3.8) is 0 Å². The second-order valence-corrected chi connectivity index (χ2v) is 2.50. The van der Waals surface area contributed by atoms with Crippen LogP contribution in [-0.2, 0) is 9.53 Å². The maximum atomic E-state index is 9.79. The second kappa shape index (κ2) is 4.98. The summed E-state index contributed by atoms with van der Waals surface area (Å²) < 4.78 is 4.49. The molecule has 0 spiro atoms. The summed E-state index contributed by atoms with van der Waals surface area (Å²) in [5.74, 6) is 0. The Hall–Kier alpha value is -1.77. The second-order valence-electron chi connectivity index (χ2n) is 2.50. The lowest BCUT2D eigenvalue weighted by atomic mass is 10.2. The van der Waals surface area contributed by atoms with Gasteiger partial charge in [0.25, 0.3) is 6.47 Å². The molecule has 1 rings (SSSR count). The maximum absolute atomic E-state index is 9.79. The highest BCUT2D eigenvalue weighted by atomic mass is 16.5. The van der Waals surface area contributed by atoms with Crippen LogP contribution in [0.4, 0.5) is 5.69 Å². The molecule has 68 valence electrons. The minimum absolute atomic E-state index is 0.299. The zero-order valence-electron chi connectivity index (χ0n) is 7.14. The van der Waals surface area contributed by atoms with Crippen molar-refractivity contribution in [2.24, 2.45) is 0 Å². The van der Waals surface area contributed by atoms with Crippen molar-refractivity contribution in [2.75, 3.05) is 12.3 Å². The van der Waals surface area contributed by atoms with E-state index in [2.05, 4.69) is 4.74 Å². The number of carbonyl (C=O) groups is 1. The van der Waals surface area contributed by atoms with Crippen molar-refractivity contribution in [1.29, 1.82) is 0 Å². The number of anilines is 1. The van der Waals surface area contributed by atoms with E-state index in [1.54, 1.807) is 6.08 Å². The van der Waals surface area contributed by atoms with Crippen molar-refractivity contribution in [2.45, 2.75) is 0 Å².